The number of carbonyl (C=O) groups is 2. The maximum atomic E-state index is 12.2. The first-order chi connectivity index (χ1) is 12.0. The molecule has 2 rings (SSSR count). The summed E-state index contributed by atoms with van der Waals surface area (Å²) in [5.41, 5.74) is -0.581. The monoisotopic (exact) mass is 374 g/mol. The molecule has 2 aromatic carbocycles. The number of thiol groups is 1. The molecule has 0 atom stereocenters. The van der Waals surface area contributed by atoms with Crippen molar-refractivity contribution in [3.8, 4) is 0 Å². The van der Waals surface area contributed by atoms with Gasteiger partial charge in [-0.05, 0) is 68.7 Å². The minimum Gasteiger partial charge on any atom is -0.453 e. The lowest BCUT2D eigenvalue weighted by atomic mass is 9.91. The van der Waals surface area contributed by atoms with Gasteiger partial charge in [-0.25, -0.2) is 4.79 Å². The Morgan fingerprint density at radius 2 is 1.62 bits per heavy atom. The van der Waals surface area contributed by atoms with E-state index >= 15 is 0 Å². The maximum absolute atomic E-state index is 12.2. The quantitative estimate of drug-likeness (QED) is 0.578. The average Bonchev–Trinajstić information content (AvgIpc) is 2.58. The molecule has 2 aromatic rings. The van der Waals surface area contributed by atoms with Gasteiger partial charge in [0.25, 0.3) is 0 Å². The summed E-state index contributed by atoms with van der Waals surface area (Å²) >= 11 is 4.34. The van der Waals surface area contributed by atoms with E-state index < -0.39 is 23.0 Å². The van der Waals surface area contributed by atoms with E-state index in [0.717, 1.165) is 21.2 Å². The third kappa shape index (κ3) is 4.79. The van der Waals surface area contributed by atoms with E-state index in [4.69, 9.17) is 9.47 Å². The molecule has 0 saturated carbocycles. The van der Waals surface area contributed by atoms with Gasteiger partial charge in [0.1, 0.15) is 5.60 Å². The molecule has 5 heteroatoms. The highest BCUT2D eigenvalue weighted by Crippen LogP contribution is 2.29. The highest BCUT2D eigenvalue weighted by atomic mass is 32.1. The predicted octanol–water partition coefficient (Wildman–Crippen LogP) is 4.89. The van der Waals surface area contributed by atoms with Crippen LogP contribution < -0.4 is 0 Å². The van der Waals surface area contributed by atoms with Gasteiger partial charge in [0, 0.05) is 4.90 Å². The van der Waals surface area contributed by atoms with E-state index in [9.17, 15) is 9.59 Å². The summed E-state index contributed by atoms with van der Waals surface area (Å²) in [5, 5.41) is 2.11. The molecule has 0 N–H and O–H groups in total. The molecule has 0 radical (unpaired) electrons. The smallest absolute Gasteiger partial charge is 0.345 e. The third-order valence-electron chi connectivity index (χ3n) is 4.65. The minimum absolute atomic E-state index is 0.387. The fourth-order valence-electron chi connectivity index (χ4n) is 2.44. The van der Waals surface area contributed by atoms with Gasteiger partial charge in [0.05, 0.1) is 5.41 Å². The van der Waals surface area contributed by atoms with Gasteiger partial charge in [0.2, 0.25) is 0 Å². The highest BCUT2D eigenvalue weighted by Gasteiger charge is 2.30. The molecule has 26 heavy (non-hydrogen) atoms. The van der Waals surface area contributed by atoms with Gasteiger partial charge >= 0.3 is 11.9 Å². The number of carbonyl (C=O) groups excluding carboxylic acids is 2. The summed E-state index contributed by atoms with van der Waals surface area (Å²) in [5.74, 6) is -0.968. The third-order valence-corrected chi connectivity index (χ3v) is 4.92. The molecule has 0 bridgehead atoms. The van der Waals surface area contributed by atoms with Crippen molar-refractivity contribution in [2.24, 2.45) is 5.41 Å². The Balaban J connectivity index is 2.06. The SMILES string of the molecule is CCC(C)(C)C(=O)OCC(=O)OC(C)(C)c1ccc2cc(S)ccc2c1. The van der Waals surface area contributed by atoms with Crippen LogP contribution in [0.5, 0.6) is 0 Å². The van der Waals surface area contributed by atoms with Crippen LogP contribution in [0, 0.1) is 5.41 Å². The highest BCUT2D eigenvalue weighted by molar-refractivity contribution is 7.80. The first kappa shape index (κ1) is 20.3. The van der Waals surface area contributed by atoms with Gasteiger partial charge in [-0.2, -0.15) is 0 Å². The second-order valence-corrected chi connectivity index (χ2v) is 8.06. The van der Waals surface area contributed by atoms with Crippen molar-refractivity contribution in [3.05, 3.63) is 42.0 Å². The largest absolute Gasteiger partial charge is 0.453 e. The van der Waals surface area contributed by atoms with Crippen molar-refractivity contribution in [2.45, 2.75) is 51.5 Å². The van der Waals surface area contributed by atoms with Gasteiger partial charge in [0.15, 0.2) is 6.61 Å². The van der Waals surface area contributed by atoms with E-state index in [-0.39, 0.29) is 6.61 Å². The second-order valence-electron chi connectivity index (χ2n) is 7.54. The molecule has 0 aliphatic carbocycles. The van der Waals surface area contributed by atoms with Crippen LogP contribution >= 0.6 is 12.6 Å². The summed E-state index contributed by atoms with van der Waals surface area (Å²) in [7, 11) is 0. The average molecular weight is 375 g/mol. The number of rotatable bonds is 6. The predicted molar refractivity (Wildman–Crippen MR) is 105 cm³/mol. The van der Waals surface area contributed by atoms with E-state index in [1.807, 2.05) is 57.2 Å². The van der Waals surface area contributed by atoms with Crippen molar-refractivity contribution >= 4 is 35.3 Å². The lowest BCUT2D eigenvalue weighted by molar-refractivity contribution is -0.172. The molecule has 0 heterocycles. The first-order valence-corrected chi connectivity index (χ1v) is 9.12. The van der Waals surface area contributed by atoms with Crippen LogP contribution in [0.25, 0.3) is 10.8 Å². The van der Waals surface area contributed by atoms with E-state index in [1.165, 1.54) is 0 Å². The summed E-state index contributed by atoms with van der Waals surface area (Å²) in [6.45, 7) is 8.72. The Hall–Kier alpha value is -2.01. The first-order valence-electron chi connectivity index (χ1n) is 8.67. The number of hydrogen-bond donors (Lipinski definition) is 1. The van der Waals surface area contributed by atoms with Gasteiger partial charge in [-0.1, -0.05) is 25.1 Å². The summed E-state index contributed by atoms with van der Waals surface area (Å²) in [6, 6.07) is 11.8. The van der Waals surface area contributed by atoms with Crippen LogP contribution in [0.4, 0.5) is 0 Å². The topological polar surface area (TPSA) is 52.6 Å². The second kappa shape index (κ2) is 7.70. The lowest BCUT2D eigenvalue weighted by Crippen LogP contribution is -2.31. The molecule has 0 fully saturated rings. The molecule has 4 nitrogen and oxygen atoms in total. The van der Waals surface area contributed by atoms with Crippen LogP contribution in [0.3, 0.4) is 0 Å². The van der Waals surface area contributed by atoms with Crippen LogP contribution in [0.15, 0.2) is 41.3 Å². The van der Waals surface area contributed by atoms with E-state index in [1.54, 1.807) is 13.8 Å². The molecular weight excluding hydrogens is 348 g/mol. The number of hydrogen-bond acceptors (Lipinski definition) is 5. The van der Waals surface area contributed by atoms with Crippen LogP contribution in [0.2, 0.25) is 0 Å². The van der Waals surface area contributed by atoms with Gasteiger partial charge in [-0.3, -0.25) is 4.79 Å². The zero-order valence-corrected chi connectivity index (χ0v) is 16.9. The Labute approximate surface area is 160 Å². The van der Waals surface area contributed by atoms with Crippen LogP contribution in [-0.2, 0) is 24.7 Å². The standard InChI is InChI=1S/C21H26O4S/c1-6-20(2,3)19(23)24-13-18(22)25-21(4,5)16-9-7-15-12-17(26)10-8-14(15)11-16/h7-12,26H,6,13H2,1-5H3. The Kier molecular flexibility index (Phi) is 6.02. The maximum Gasteiger partial charge on any atom is 0.345 e. The molecule has 0 aliphatic rings. The molecule has 0 amide bonds. The van der Waals surface area contributed by atoms with E-state index in [0.29, 0.717) is 6.42 Å². The minimum atomic E-state index is -0.836. The summed E-state index contributed by atoms with van der Waals surface area (Å²) < 4.78 is 10.7. The molecule has 140 valence electrons. The number of esters is 2. The Morgan fingerprint density at radius 1 is 1.00 bits per heavy atom. The van der Waals surface area contributed by atoms with Crippen molar-refractivity contribution < 1.29 is 19.1 Å². The molecule has 0 aliphatic heterocycles. The van der Waals surface area contributed by atoms with Gasteiger partial charge in [-0.15, -0.1) is 12.6 Å². The van der Waals surface area contributed by atoms with Crippen molar-refractivity contribution in [1.29, 1.82) is 0 Å². The van der Waals surface area contributed by atoms with Crippen molar-refractivity contribution in [2.75, 3.05) is 6.61 Å². The molecule has 0 saturated heterocycles. The number of ether oxygens (including phenoxy) is 2. The van der Waals surface area contributed by atoms with Crippen LogP contribution in [-0.4, -0.2) is 18.5 Å². The van der Waals surface area contributed by atoms with Crippen molar-refractivity contribution in [3.63, 3.8) is 0 Å². The number of fused-ring (bicyclic) bond motifs is 1. The normalized spacial score (nSPS) is 12.1. The fraction of sp³-hybridized carbons (Fsp3) is 0.429. The molecular formula is C21H26O4S. The molecule has 0 aromatic heterocycles. The fourth-order valence-corrected chi connectivity index (χ4v) is 2.66. The van der Waals surface area contributed by atoms with Crippen molar-refractivity contribution in [1.82, 2.24) is 0 Å². The zero-order valence-electron chi connectivity index (χ0n) is 16.0. The summed E-state index contributed by atoms with van der Waals surface area (Å²) in [6.07, 6.45) is 0.636. The lowest BCUT2D eigenvalue weighted by Gasteiger charge is -2.26. The van der Waals surface area contributed by atoms with E-state index in [2.05, 4.69) is 12.6 Å². The molecule has 0 unspecified atom stereocenters. The Morgan fingerprint density at radius 3 is 2.27 bits per heavy atom. The van der Waals surface area contributed by atoms with Gasteiger partial charge < -0.3 is 9.47 Å². The zero-order chi connectivity index (χ0) is 19.5. The molecule has 0 spiro atoms. The summed E-state index contributed by atoms with van der Waals surface area (Å²) in [4.78, 5) is 25.0. The van der Waals surface area contributed by atoms with Crippen LogP contribution in [0.1, 0.15) is 46.6 Å². The Bertz CT molecular complexity index is 824. The number of benzene rings is 2.